The highest BCUT2D eigenvalue weighted by Crippen LogP contribution is 2.35. The van der Waals surface area contributed by atoms with Gasteiger partial charge in [0, 0.05) is 6.04 Å². The average Bonchev–Trinajstić information content (AvgIpc) is 2.47. The number of likely N-dealkylation sites (tertiary alicyclic amines) is 1. The van der Waals surface area contributed by atoms with Gasteiger partial charge in [0.1, 0.15) is 5.75 Å². The lowest BCUT2D eigenvalue weighted by molar-refractivity contribution is -0.137. The van der Waals surface area contributed by atoms with Crippen LogP contribution in [-0.2, 0) is 11.0 Å². The van der Waals surface area contributed by atoms with Gasteiger partial charge in [-0.2, -0.15) is 13.2 Å². The minimum Gasteiger partial charge on any atom is -0.483 e. The lowest BCUT2D eigenvalue weighted by Crippen LogP contribution is -2.44. The first kappa shape index (κ1) is 18.1. The lowest BCUT2D eigenvalue weighted by Gasteiger charge is -2.29. The molecule has 1 N–H and O–H groups in total. The summed E-state index contributed by atoms with van der Waals surface area (Å²) in [6.07, 6.45) is -2.74. The number of rotatable bonds is 4. The fraction of sp³-hybridized carbons (Fsp3) is 0.533. The van der Waals surface area contributed by atoms with E-state index in [0.29, 0.717) is 4.47 Å². The number of ether oxygens (including phenoxy) is 1. The van der Waals surface area contributed by atoms with Crippen LogP contribution in [0.2, 0.25) is 0 Å². The summed E-state index contributed by atoms with van der Waals surface area (Å²) < 4.78 is 43.7. The SMILES string of the molecule is CN1CCC(NC(=O)COc2cc(C(F)(F)F)ccc2Br)CC1. The highest BCUT2D eigenvalue weighted by Gasteiger charge is 2.31. The number of piperidine rings is 1. The molecule has 2 rings (SSSR count). The molecule has 0 atom stereocenters. The molecular weight excluding hydrogens is 377 g/mol. The Bertz CT molecular complexity index is 558. The van der Waals surface area contributed by atoms with Gasteiger partial charge in [-0.1, -0.05) is 0 Å². The molecule has 0 spiro atoms. The molecular formula is C15H18BrF3N2O2. The van der Waals surface area contributed by atoms with Gasteiger partial charge in [0.15, 0.2) is 6.61 Å². The van der Waals surface area contributed by atoms with Gasteiger partial charge >= 0.3 is 6.18 Å². The van der Waals surface area contributed by atoms with Crippen molar-refractivity contribution in [3.05, 3.63) is 28.2 Å². The summed E-state index contributed by atoms with van der Waals surface area (Å²) in [5, 5.41) is 2.85. The minimum absolute atomic E-state index is 0.00153. The van der Waals surface area contributed by atoms with Gasteiger partial charge in [0.25, 0.3) is 5.91 Å². The molecule has 0 aromatic heterocycles. The lowest BCUT2D eigenvalue weighted by atomic mass is 10.1. The van der Waals surface area contributed by atoms with E-state index >= 15 is 0 Å². The molecule has 1 aromatic rings. The molecule has 0 bridgehead atoms. The molecule has 0 saturated carbocycles. The highest BCUT2D eigenvalue weighted by atomic mass is 79.9. The molecule has 1 heterocycles. The smallest absolute Gasteiger partial charge is 0.416 e. The molecule has 8 heteroatoms. The van der Waals surface area contributed by atoms with Crippen molar-refractivity contribution in [2.75, 3.05) is 26.7 Å². The quantitative estimate of drug-likeness (QED) is 0.852. The van der Waals surface area contributed by atoms with Crippen molar-refractivity contribution >= 4 is 21.8 Å². The Labute approximate surface area is 141 Å². The summed E-state index contributed by atoms with van der Waals surface area (Å²) in [4.78, 5) is 14.1. The van der Waals surface area contributed by atoms with Crippen LogP contribution in [0.25, 0.3) is 0 Å². The van der Waals surface area contributed by atoms with Crippen LogP contribution >= 0.6 is 15.9 Å². The molecule has 4 nitrogen and oxygen atoms in total. The van der Waals surface area contributed by atoms with Crippen LogP contribution in [0.5, 0.6) is 5.75 Å². The Hall–Kier alpha value is -1.28. The van der Waals surface area contributed by atoms with Crippen LogP contribution < -0.4 is 10.1 Å². The predicted octanol–water partition coefficient (Wildman–Crippen LogP) is 3.06. The van der Waals surface area contributed by atoms with Crippen LogP contribution in [0.1, 0.15) is 18.4 Å². The van der Waals surface area contributed by atoms with Crippen molar-refractivity contribution in [2.45, 2.75) is 25.1 Å². The fourth-order valence-electron chi connectivity index (χ4n) is 2.36. The molecule has 1 amide bonds. The second kappa shape index (κ2) is 7.53. The molecule has 1 fully saturated rings. The van der Waals surface area contributed by atoms with Crippen molar-refractivity contribution in [1.29, 1.82) is 0 Å². The van der Waals surface area contributed by atoms with Gasteiger partial charge in [0.05, 0.1) is 10.0 Å². The van der Waals surface area contributed by atoms with E-state index in [9.17, 15) is 18.0 Å². The zero-order valence-electron chi connectivity index (χ0n) is 12.6. The molecule has 0 aliphatic carbocycles. The Morgan fingerprint density at radius 2 is 2.04 bits per heavy atom. The molecule has 0 unspecified atom stereocenters. The first-order chi connectivity index (χ1) is 10.8. The van der Waals surface area contributed by atoms with E-state index in [1.807, 2.05) is 7.05 Å². The molecule has 0 radical (unpaired) electrons. The fourth-order valence-corrected chi connectivity index (χ4v) is 2.72. The third-order valence-corrected chi connectivity index (χ3v) is 4.36. The standard InChI is InChI=1S/C15H18BrF3N2O2/c1-21-6-4-11(5-7-21)20-14(22)9-23-13-8-10(15(17,18)19)2-3-12(13)16/h2-3,8,11H,4-7,9H2,1H3,(H,20,22). The van der Waals surface area contributed by atoms with Gasteiger partial charge < -0.3 is 15.0 Å². The molecule has 128 valence electrons. The number of hydrogen-bond acceptors (Lipinski definition) is 3. The normalized spacial score (nSPS) is 17.1. The Morgan fingerprint density at radius 3 is 2.65 bits per heavy atom. The molecule has 1 aliphatic heterocycles. The van der Waals surface area contributed by atoms with Crippen LogP contribution in [0.15, 0.2) is 22.7 Å². The van der Waals surface area contributed by atoms with Gasteiger partial charge in [-0.25, -0.2) is 0 Å². The number of nitrogens with one attached hydrogen (secondary N) is 1. The maximum atomic E-state index is 12.7. The van der Waals surface area contributed by atoms with Gasteiger partial charge in [-0.3, -0.25) is 4.79 Å². The minimum atomic E-state index is -4.45. The summed E-state index contributed by atoms with van der Waals surface area (Å²) in [6.45, 7) is 1.50. The largest absolute Gasteiger partial charge is 0.483 e. The number of nitrogens with zero attached hydrogens (tertiary/aromatic N) is 1. The van der Waals surface area contributed by atoms with Crippen molar-refractivity contribution in [2.24, 2.45) is 0 Å². The van der Waals surface area contributed by atoms with E-state index in [2.05, 4.69) is 26.1 Å². The predicted molar refractivity (Wildman–Crippen MR) is 83.3 cm³/mol. The molecule has 1 aromatic carbocycles. The van der Waals surface area contributed by atoms with Crippen LogP contribution in [0.4, 0.5) is 13.2 Å². The van der Waals surface area contributed by atoms with Crippen molar-refractivity contribution in [3.8, 4) is 5.75 Å². The second-order valence-electron chi connectivity index (χ2n) is 5.58. The zero-order chi connectivity index (χ0) is 17.0. The number of benzene rings is 1. The van der Waals surface area contributed by atoms with Crippen molar-refractivity contribution in [3.63, 3.8) is 0 Å². The van der Waals surface area contributed by atoms with E-state index < -0.39 is 11.7 Å². The molecule has 1 saturated heterocycles. The Morgan fingerprint density at radius 1 is 1.39 bits per heavy atom. The summed E-state index contributed by atoms with van der Waals surface area (Å²) in [5.41, 5.74) is -0.813. The van der Waals surface area contributed by atoms with Gasteiger partial charge in [-0.05, 0) is 67.1 Å². The maximum absolute atomic E-state index is 12.7. The van der Waals surface area contributed by atoms with Crippen molar-refractivity contribution in [1.82, 2.24) is 10.2 Å². The summed E-state index contributed by atoms with van der Waals surface area (Å²) in [6, 6.07) is 3.18. The van der Waals surface area contributed by atoms with E-state index in [1.165, 1.54) is 6.07 Å². The molecule has 23 heavy (non-hydrogen) atoms. The third kappa shape index (κ3) is 5.39. The first-order valence-electron chi connectivity index (χ1n) is 7.23. The van der Waals surface area contributed by atoms with E-state index in [1.54, 1.807) is 0 Å². The van der Waals surface area contributed by atoms with Crippen molar-refractivity contribution < 1.29 is 22.7 Å². The summed E-state index contributed by atoms with van der Waals surface area (Å²) in [5.74, 6) is -0.331. The number of halogens is 4. The monoisotopic (exact) mass is 394 g/mol. The van der Waals surface area contributed by atoms with Gasteiger partial charge in [0.2, 0.25) is 0 Å². The number of carbonyl (C=O) groups excluding carboxylic acids is 1. The first-order valence-corrected chi connectivity index (χ1v) is 8.02. The topological polar surface area (TPSA) is 41.6 Å². The number of carbonyl (C=O) groups is 1. The summed E-state index contributed by atoms with van der Waals surface area (Å²) in [7, 11) is 2.02. The average molecular weight is 395 g/mol. The van der Waals surface area contributed by atoms with Gasteiger partial charge in [-0.15, -0.1) is 0 Å². The number of alkyl halides is 3. The summed E-state index contributed by atoms with van der Waals surface area (Å²) >= 11 is 3.12. The van der Waals surface area contributed by atoms with Crippen LogP contribution in [0, 0.1) is 0 Å². The van der Waals surface area contributed by atoms with Crippen LogP contribution in [-0.4, -0.2) is 43.6 Å². The Balaban J connectivity index is 1.89. The van der Waals surface area contributed by atoms with Crippen LogP contribution in [0.3, 0.4) is 0 Å². The van der Waals surface area contributed by atoms with E-state index in [-0.39, 0.29) is 24.3 Å². The molecule has 1 aliphatic rings. The second-order valence-corrected chi connectivity index (χ2v) is 6.43. The highest BCUT2D eigenvalue weighted by molar-refractivity contribution is 9.10. The third-order valence-electron chi connectivity index (χ3n) is 3.70. The van der Waals surface area contributed by atoms with E-state index in [4.69, 9.17) is 4.74 Å². The zero-order valence-corrected chi connectivity index (χ0v) is 14.2. The number of hydrogen-bond donors (Lipinski definition) is 1. The Kier molecular flexibility index (Phi) is 5.91. The van der Waals surface area contributed by atoms with E-state index in [0.717, 1.165) is 38.1 Å². The maximum Gasteiger partial charge on any atom is 0.416 e. The number of amides is 1.